The van der Waals surface area contributed by atoms with Crippen LogP contribution < -0.4 is 0 Å². The molecule has 1 fully saturated rings. The molecule has 5 nitrogen and oxygen atoms in total. The normalized spacial score (nSPS) is 28.8. The van der Waals surface area contributed by atoms with Crippen molar-refractivity contribution in [3.05, 3.63) is 0 Å². The molecule has 1 atom stereocenters. The Kier molecular flexibility index (Phi) is 6.05. The van der Waals surface area contributed by atoms with Crippen LogP contribution in [-0.4, -0.2) is 57.6 Å². The summed E-state index contributed by atoms with van der Waals surface area (Å²) in [7, 11) is 0. The van der Waals surface area contributed by atoms with Crippen molar-refractivity contribution in [3.8, 4) is 0 Å². The summed E-state index contributed by atoms with van der Waals surface area (Å²) < 4.78 is 20.4. The first-order valence-electron chi connectivity index (χ1n) is 4.42. The van der Waals surface area contributed by atoms with Gasteiger partial charge in [0.05, 0.1) is 46.2 Å². The molecule has 1 saturated heterocycles. The molecule has 0 aliphatic carbocycles. The molecule has 1 N–H and O–H groups in total. The smallest absolute Gasteiger partial charge is 0.178 e. The largest absolute Gasteiger partial charge is 0.377 e. The van der Waals surface area contributed by atoms with Gasteiger partial charge in [0.1, 0.15) is 0 Å². The number of aliphatic hydroxyl groups is 1. The minimum atomic E-state index is -0.858. The number of hydrogen-bond donors (Lipinski definition) is 1. The summed E-state index contributed by atoms with van der Waals surface area (Å²) in [5, 5.41) is 9.15. The summed E-state index contributed by atoms with van der Waals surface area (Å²) >= 11 is 0. The Bertz CT molecular complexity index is 107. The van der Waals surface area contributed by atoms with Crippen LogP contribution >= 0.6 is 0 Å². The van der Waals surface area contributed by atoms with Gasteiger partial charge in [-0.15, -0.1) is 0 Å². The summed E-state index contributed by atoms with van der Waals surface area (Å²) in [6.45, 7) is 3.16. The van der Waals surface area contributed by atoms with Crippen LogP contribution in [0.1, 0.15) is 0 Å². The van der Waals surface area contributed by atoms with Gasteiger partial charge in [0.2, 0.25) is 0 Å². The lowest BCUT2D eigenvalue weighted by atomic mass is 10.6. The van der Waals surface area contributed by atoms with Crippen LogP contribution in [0.5, 0.6) is 0 Å². The minimum absolute atomic E-state index is 0.184. The molecule has 5 heteroatoms. The van der Waals surface area contributed by atoms with Crippen molar-refractivity contribution in [2.45, 2.75) is 6.29 Å². The number of hydrogen-bond acceptors (Lipinski definition) is 5. The molecule has 1 aliphatic rings. The van der Waals surface area contributed by atoms with E-state index in [1.54, 1.807) is 0 Å². The summed E-state index contributed by atoms with van der Waals surface area (Å²) in [5.41, 5.74) is 0. The van der Waals surface area contributed by atoms with Crippen molar-refractivity contribution >= 4 is 0 Å². The minimum Gasteiger partial charge on any atom is -0.377 e. The predicted molar refractivity (Wildman–Crippen MR) is 44.4 cm³/mol. The van der Waals surface area contributed by atoms with Crippen LogP contribution in [0.25, 0.3) is 0 Å². The van der Waals surface area contributed by atoms with Crippen molar-refractivity contribution in [2.24, 2.45) is 0 Å². The van der Waals surface area contributed by atoms with Crippen LogP contribution in [0.15, 0.2) is 0 Å². The highest BCUT2D eigenvalue weighted by atomic mass is 16.6. The number of ether oxygens (including phenoxy) is 4. The summed E-state index contributed by atoms with van der Waals surface area (Å²) in [6, 6.07) is 0. The second-order valence-corrected chi connectivity index (χ2v) is 2.63. The van der Waals surface area contributed by atoms with E-state index in [0.29, 0.717) is 39.6 Å². The van der Waals surface area contributed by atoms with Crippen LogP contribution in [0, 0.1) is 0 Å². The Labute approximate surface area is 77.5 Å². The Balaban J connectivity index is 2.11. The van der Waals surface area contributed by atoms with Crippen molar-refractivity contribution < 1.29 is 24.1 Å². The highest BCUT2D eigenvalue weighted by molar-refractivity contribution is 4.41. The Hall–Kier alpha value is -0.200. The molecular weight excluding hydrogens is 176 g/mol. The van der Waals surface area contributed by atoms with Gasteiger partial charge in [-0.3, -0.25) is 0 Å². The van der Waals surface area contributed by atoms with Gasteiger partial charge in [0, 0.05) is 0 Å². The van der Waals surface area contributed by atoms with Crippen LogP contribution in [0.2, 0.25) is 0 Å². The average Bonchev–Trinajstić information content (AvgIpc) is 2.11. The molecule has 1 unspecified atom stereocenters. The van der Waals surface area contributed by atoms with Crippen molar-refractivity contribution in [2.75, 3.05) is 46.2 Å². The number of rotatable bonds is 0. The monoisotopic (exact) mass is 192 g/mol. The van der Waals surface area contributed by atoms with Gasteiger partial charge in [-0.2, -0.15) is 0 Å². The lowest BCUT2D eigenvalue weighted by molar-refractivity contribution is -0.154. The molecule has 0 aromatic heterocycles. The molecule has 0 spiro atoms. The topological polar surface area (TPSA) is 57.2 Å². The molecule has 0 saturated carbocycles. The van der Waals surface area contributed by atoms with E-state index in [2.05, 4.69) is 0 Å². The highest BCUT2D eigenvalue weighted by Gasteiger charge is 2.04. The highest BCUT2D eigenvalue weighted by Crippen LogP contribution is 1.91. The lowest BCUT2D eigenvalue weighted by Crippen LogP contribution is -2.24. The molecule has 13 heavy (non-hydrogen) atoms. The zero-order chi connectivity index (χ0) is 9.36. The molecular formula is C8H16O5. The van der Waals surface area contributed by atoms with E-state index >= 15 is 0 Å². The standard InChI is InChI=1S/C8H16O5/c9-8-7-12-4-3-10-1-2-11-5-6-13-8/h8-9H,1-7H2. The van der Waals surface area contributed by atoms with Gasteiger partial charge < -0.3 is 24.1 Å². The summed E-state index contributed by atoms with van der Waals surface area (Å²) in [4.78, 5) is 0. The summed E-state index contributed by atoms with van der Waals surface area (Å²) in [6.07, 6.45) is -0.858. The quantitative estimate of drug-likeness (QED) is 0.554. The maximum absolute atomic E-state index is 9.15. The molecule has 1 rings (SSSR count). The van der Waals surface area contributed by atoms with E-state index in [4.69, 9.17) is 24.1 Å². The molecule has 0 bridgehead atoms. The molecule has 0 radical (unpaired) electrons. The number of aliphatic hydroxyl groups excluding tert-OH is 1. The average molecular weight is 192 g/mol. The van der Waals surface area contributed by atoms with E-state index < -0.39 is 6.29 Å². The first kappa shape index (κ1) is 10.9. The van der Waals surface area contributed by atoms with Gasteiger partial charge in [0.25, 0.3) is 0 Å². The van der Waals surface area contributed by atoms with Crippen LogP contribution in [0.4, 0.5) is 0 Å². The molecule has 78 valence electrons. The maximum atomic E-state index is 9.15. The van der Waals surface area contributed by atoms with Crippen molar-refractivity contribution in [1.82, 2.24) is 0 Å². The summed E-state index contributed by atoms with van der Waals surface area (Å²) in [5.74, 6) is 0. The zero-order valence-corrected chi connectivity index (χ0v) is 7.61. The maximum Gasteiger partial charge on any atom is 0.178 e. The van der Waals surface area contributed by atoms with Gasteiger partial charge in [-0.05, 0) is 0 Å². The van der Waals surface area contributed by atoms with E-state index in [0.717, 1.165) is 0 Å². The van der Waals surface area contributed by atoms with Gasteiger partial charge in [0.15, 0.2) is 6.29 Å². The van der Waals surface area contributed by atoms with Crippen molar-refractivity contribution in [3.63, 3.8) is 0 Å². The van der Waals surface area contributed by atoms with E-state index in [1.807, 2.05) is 0 Å². The van der Waals surface area contributed by atoms with Crippen LogP contribution in [0.3, 0.4) is 0 Å². The third-order valence-electron chi connectivity index (χ3n) is 1.54. The van der Waals surface area contributed by atoms with Gasteiger partial charge >= 0.3 is 0 Å². The third kappa shape index (κ3) is 5.95. The molecule has 1 heterocycles. The Morgan fingerprint density at radius 2 is 1.31 bits per heavy atom. The second-order valence-electron chi connectivity index (χ2n) is 2.63. The predicted octanol–water partition coefficient (Wildman–Crippen LogP) is -0.615. The van der Waals surface area contributed by atoms with E-state index in [1.165, 1.54) is 0 Å². The first-order valence-corrected chi connectivity index (χ1v) is 4.42. The Morgan fingerprint density at radius 1 is 0.769 bits per heavy atom. The van der Waals surface area contributed by atoms with E-state index in [-0.39, 0.29) is 6.61 Å². The van der Waals surface area contributed by atoms with Gasteiger partial charge in [-0.25, -0.2) is 0 Å². The molecule has 0 amide bonds. The fourth-order valence-corrected chi connectivity index (χ4v) is 0.915. The molecule has 0 aromatic rings. The van der Waals surface area contributed by atoms with Crippen LogP contribution in [-0.2, 0) is 18.9 Å². The third-order valence-corrected chi connectivity index (χ3v) is 1.54. The van der Waals surface area contributed by atoms with Gasteiger partial charge in [-0.1, -0.05) is 0 Å². The van der Waals surface area contributed by atoms with Crippen molar-refractivity contribution in [1.29, 1.82) is 0 Å². The molecule has 1 aliphatic heterocycles. The molecule has 0 aromatic carbocycles. The van der Waals surface area contributed by atoms with E-state index in [9.17, 15) is 0 Å². The first-order chi connectivity index (χ1) is 6.39. The lowest BCUT2D eigenvalue weighted by Gasteiger charge is -2.14. The fourth-order valence-electron chi connectivity index (χ4n) is 0.915. The second kappa shape index (κ2) is 7.23. The zero-order valence-electron chi connectivity index (χ0n) is 7.61. The SMILES string of the molecule is OC1COCCOCCOCCO1. The Morgan fingerprint density at radius 3 is 2.00 bits per heavy atom. The fraction of sp³-hybridized carbons (Fsp3) is 1.00.